The fourth-order valence-corrected chi connectivity index (χ4v) is 3.74. The highest BCUT2D eigenvalue weighted by Gasteiger charge is 2.22. The number of ether oxygens (including phenoxy) is 1. The van der Waals surface area contributed by atoms with E-state index in [4.69, 9.17) is 21.3 Å². The lowest BCUT2D eigenvalue weighted by atomic mass is 10.2. The van der Waals surface area contributed by atoms with Crippen molar-refractivity contribution in [2.75, 3.05) is 17.2 Å². The maximum absolute atomic E-state index is 5.99. The summed E-state index contributed by atoms with van der Waals surface area (Å²) in [4.78, 5) is 9.44. The van der Waals surface area contributed by atoms with Crippen LogP contribution >= 0.6 is 11.6 Å². The predicted molar refractivity (Wildman–Crippen MR) is 120 cm³/mol. The van der Waals surface area contributed by atoms with E-state index in [1.165, 1.54) is 0 Å². The van der Waals surface area contributed by atoms with Gasteiger partial charge in [0.2, 0.25) is 5.95 Å². The number of anilines is 3. The lowest BCUT2D eigenvalue weighted by molar-refractivity contribution is -0.0370. The number of nitrogens with one attached hydrogen (secondary N) is 3. The predicted octanol–water partition coefficient (Wildman–Crippen LogP) is 4.57. The summed E-state index contributed by atoms with van der Waals surface area (Å²) in [5.74, 6) is 1.81. The molecule has 4 aromatic rings. The van der Waals surface area contributed by atoms with E-state index >= 15 is 0 Å². The van der Waals surface area contributed by atoms with E-state index in [1.807, 2.05) is 41.9 Å². The second kappa shape index (κ2) is 8.52. The Labute approximate surface area is 184 Å². The van der Waals surface area contributed by atoms with Gasteiger partial charge in [-0.05, 0) is 43.9 Å². The highest BCUT2D eigenvalue weighted by Crippen LogP contribution is 2.30. The minimum atomic E-state index is -0.120. The summed E-state index contributed by atoms with van der Waals surface area (Å²) < 4.78 is 7.79. The molecule has 1 aliphatic heterocycles. The van der Waals surface area contributed by atoms with Gasteiger partial charge in [-0.1, -0.05) is 23.7 Å². The number of aromatic nitrogens is 6. The quantitative estimate of drug-likeness (QED) is 0.405. The van der Waals surface area contributed by atoms with E-state index < -0.39 is 0 Å². The van der Waals surface area contributed by atoms with Gasteiger partial charge in [0.15, 0.2) is 17.7 Å². The van der Waals surface area contributed by atoms with Crippen LogP contribution in [0.3, 0.4) is 0 Å². The van der Waals surface area contributed by atoms with Crippen molar-refractivity contribution >= 4 is 40.2 Å². The van der Waals surface area contributed by atoms with Crippen molar-refractivity contribution in [1.29, 1.82) is 0 Å². The molecule has 0 spiro atoms. The Hall–Kier alpha value is -3.17. The van der Waals surface area contributed by atoms with E-state index in [0.717, 1.165) is 48.2 Å². The first-order valence-electron chi connectivity index (χ1n) is 10.3. The fraction of sp³-hybridized carbons (Fsp3) is 0.333. The van der Waals surface area contributed by atoms with Gasteiger partial charge in [0.1, 0.15) is 5.82 Å². The Morgan fingerprint density at radius 2 is 2.10 bits per heavy atom. The van der Waals surface area contributed by atoms with Crippen molar-refractivity contribution in [3.63, 3.8) is 0 Å². The van der Waals surface area contributed by atoms with Crippen LogP contribution in [-0.4, -0.2) is 36.6 Å². The van der Waals surface area contributed by atoms with Crippen LogP contribution in [0.4, 0.5) is 17.6 Å². The number of aryl methyl sites for hydroxylation is 1. The van der Waals surface area contributed by atoms with Crippen molar-refractivity contribution in [3.8, 4) is 0 Å². The third kappa shape index (κ3) is 4.33. The third-order valence-electron chi connectivity index (χ3n) is 5.20. The average Bonchev–Trinajstić information content (AvgIpc) is 3.40. The van der Waals surface area contributed by atoms with Crippen LogP contribution in [0, 0.1) is 6.92 Å². The molecule has 10 heteroatoms. The van der Waals surface area contributed by atoms with E-state index in [9.17, 15) is 0 Å². The third-order valence-corrected chi connectivity index (χ3v) is 5.45. The van der Waals surface area contributed by atoms with Gasteiger partial charge in [-0.2, -0.15) is 20.2 Å². The molecule has 0 radical (unpaired) electrons. The lowest BCUT2D eigenvalue weighted by Gasteiger charge is -2.23. The summed E-state index contributed by atoms with van der Waals surface area (Å²) in [6.45, 7) is 3.25. The van der Waals surface area contributed by atoms with Crippen molar-refractivity contribution in [1.82, 2.24) is 29.9 Å². The van der Waals surface area contributed by atoms with Crippen LogP contribution in [0.1, 0.15) is 36.7 Å². The minimum absolute atomic E-state index is 0.120. The first-order chi connectivity index (χ1) is 15.2. The van der Waals surface area contributed by atoms with Crippen LogP contribution in [0.25, 0.3) is 11.0 Å². The molecule has 5 rings (SSSR count). The molecule has 0 amide bonds. The van der Waals surface area contributed by atoms with E-state index in [-0.39, 0.29) is 6.23 Å². The van der Waals surface area contributed by atoms with Crippen molar-refractivity contribution in [2.24, 2.45) is 0 Å². The highest BCUT2D eigenvalue weighted by atomic mass is 35.5. The van der Waals surface area contributed by atoms with E-state index in [1.54, 1.807) is 6.20 Å². The summed E-state index contributed by atoms with van der Waals surface area (Å²) in [6.07, 6.45) is 4.75. The van der Waals surface area contributed by atoms with Gasteiger partial charge in [-0.3, -0.25) is 5.10 Å². The number of rotatable bonds is 6. The molecule has 31 heavy (non-hydrogen) atoms. The molecular formula is C21H23ClN8O. The van der Waals surface area contributed by atoms with Crippen LogP contribution < -0.4 is 10.6 Å². The van der Waals surface area contributed by atoms with Gasteiger partial charge >= 0.3 is 0 Å². The Morgan fingerprint density at radius 3 is 2.84 bits per heavy atom. The molecule has 160 valence electrons. The highest BCUT2D eigenvalue weighted by molar-refractivity contribution is 6.30. The summed E-state index contributed by atoms with van der Waals surface area (Å²) in [5, 5.41) is 19.9. The molecular weight excluding hydrogens is 416 g/mol. The van der Waals surface area contributed by atoms with Gasteiger partial charge in [-0.25, -0.2) is 4.68 Å². The van der Waals surface area contributed by atoms with Gasteiger partial charge in [0, 0.05) is 29.9 Å². The molecule has 1 aromatic carbocycles. The van der Waals surface area contributed by atoms with Crippen LogP contribution in [0.5, 0.6) is 0 Å². The molecule has 1 atom stereocenters. The molecule has 3 N–H and O–H groups in total. The smallest absolute Gasteiger partial charge is 0.227 e. The second-order valence-corrected chi connectivity index (χ2v) is 8.02. The van der Waals surface area contributed by atoms with Crippen molar-refractivity contribution < 1.29 is 4.74 Å². The Morgan fingerprint density at radius 1 is 1.23 bits per heavy atom. The normalized spacial score (nSPS) is 16.5. The molecule has 1 saturated heterocycles. The van der Waals surface area contributed by atoms with E-state index in [0.29, 0.717) is 29.2 Å². The van der Waals surface area contributed by atoms with Crippen LogP contribution in [-0.2, 0) is 11.3 Å². The van der Waals surface area contributed by atoms with Crippen molar-refractivity contribution in [3.05, 3.63) is 52.8 Å². The molecule has 0 aliphatic carbocycles. The number of benzene rings is 1. The maximum Gasteiger partial charge on any atom is 0.227 e. The van der Waals surface area contributed by atoms with Crippen molar-refractivity contribution in [2.45, 2.75) is 39.0 Å². The van der Waals surface area contributed by atoms with Gasteiger partial charge in [-0.15, -0.1) is 0 Å². The molecule has 1 fully saturated rings. The zero-order valence-electron chi connectivity index (χ0n) is 17.1. The maximum atomic E-state index is 5.99. The second-order valence-electron chi connectivity index (χ2n) is 7.58. The van der Waals surface area contributed by atoms with E-state index in [2.05, 4.69) is 30.9 Å². The molecule has 0 bridgehead atoms. The molecule has 3 aromatic heterocycles. The molecule has 0 saturated carbocycles. The minimum Gasteiger partial charge on any atom is -0.356 e. The number of nitrogens with zero attached hydrogens (tertiary/aromatic N) is 5. The van der Waals surface area contributed by atoms with Crippen LogP contribution in [0.15, 0.2) is 36.5 Å². The zero-order chi connectivity index (χ0) is 21.2. The molecule has 1 aliphatic rings. The summed E-state index contributed by atoms with van der Waals surface area (Å²) >= 11 is 5.99. The SMILES string of the molecule is Cc1cc(Nc2nc(NCc3ccc(Cl)cc3)nc3c2cnn3C2CCCCO2)n[nH]1. The summed E-state index contributed by atoms with van der Waals surface area (Å²) in [6, 6.07) is 9.60. The topological polar surface area (TPSA) is 106 Å². The number of hydrogen-bond donors (Lipinski definition) is 3. The first kappa shape index (κ1) is 19.8. The molecule has 1 unspecified atom stereocenters. The zero-order valence-corrected chi connectivity index (χ0v) is 17.9. The van der Waals surface area contributed by atoms with Gasteiger partial charge in [0.25, 0.3) is 0 Å². The summed E-state index contributed by atoms with van der Waals surface area (Å²) in [7, 11) is 0. The molecule has 4 heterocycles. The Balaban J connectivity index is 1.49. The number of aromatic amines is 1. The molecule has 9 nitrogen and oxygen atoms in total. The Bertz CT molecular complexity index is 1180. The number of hydrogen-bond acceptors (Lipinski definition) is 7. The first-order valence-corrected chi connectivity index (χ1v) is 10.7. The van der Waals surface area contributed by atoms with Gasteiger partial charge < -0.3 is 15.4 Å². The fourth-order valence-electron chi connectivity index (χ4n) is 3.61. The monoisotopic (exact) mass is 438 g/mol. The number of H-pyrrole nitrogens is 1. The lowest BCUT2D eigenvalue weighted by Crippen LogP contribution is -2.19. The van der Waals surface area contributed by atoms with Crippen LogP contribution in [0.2, 0.25) is 5.02 Å². The number of halogens is 1. The largest absolute Gasteiger partial charge is 0.356 e. The standard InChI is InChI=1S/C21H23ClN8O/c1-13-10-17(29-28-13)25-19-16-12-24-30(18-4-2-3-9-31-18)20(16)27-21(26-19)23-11-14-5-7-15(22)8-6-14/h5-8,10,12,18H,2-4,9,11H2,1H3,(H3,23,25,26,27,28,29). The summed E-state index contributed by atoms with van der Waals surface area (Å²) in [5.41, 5.74) is 2.75. The number of fused-ring (bicyclic) bond motifs is 1. The van der Waals surface area contributed by atoms with Gasteiger partial charge in [0.05, 0.1) is 11.6 Å². The average molecular weight is 439 g/mol. The Kier molecular flexibility index (Phi) is 5.44.